The maximum Gasteiger partial charge on any atom is 0.161 e. The summed E-state index contributed by atoms with van der Waals surface area (Å²) in [5, 5.41) is 0. The van der Waals surface area contributed by atoms with E-state index in [-0.39, 0.29) is 5.78 Å². The van der Waals surface area contributed by atoms with Gasteiger partial charge >= 0.3 is 0 Å². The van der Waals surface area contributed by atoms with Gasteiger partial charge in [-0.2, -0.15) is 0 Å². The first-order valence-corrected chi connectivity index (χ1v) is 3.23. The third-order valence-electron chi connectivity index (χ3n) is 1.67. The molecule has 0 amide bonds. The first-order valence-electron chi connectivity index (χ1n) is 3.23. The molecular formula is C8H7NO. The fourth-order valence-electron chi connectivity index (χ4n) is 1.14. The predicted molar refractivity (Wildman–Crippen MR) is 38.5 cm³/mol. The molecule has 2 heteroatoms. The second kappa shape index (κ2) is 1.84. The van der Waals surface area contributed by atoms with E-state index in [4.69, 9.17) is 0 Å². The molecule has 1 N–H and O–H groups in total. The molecule has 0 fully saturated rings. The number of nitrogens with one attached hydrogen (secondary N) is 1. The molecule has 1 aliphatic rings. The van der Waals surface area contributed by atoms with Crippen LogP contribution in [0.5, 0.6) is 0 Å². The average molecular weight is 133 g/mol. The van der Waals surface area contributed by atoms with Crippen LogP contribution in [-0.4, -0.2) is 10.8 Å². The second-order valence-electron chi connectivity index (χ2n) is 2.39. The van der Waals surface area contributed by atoms with Gasteiger partial charge in [-0.25, -0.2) is 0 Å². The number of hydrogen-bond donors (Lipinski definition) is 1. The van der Waals surface area contributed by atoms with Crippen molar-refractivity contribution in [1.82, 2.24) is 4.98 Å². The molecule has 2 nitrogen and oxygen atoms in total. The standard InChI is InChI=1S/C8H7NO/c10-7-2-1-6-3-4-9-8(6)5-7/h1-4,9H,5H2. The number of allylic oxidation sites excluding steroid dienone is 1. The molecule has 0 saturated heterocycles. The largest absolute Gasteiger partial charge is 0.364 e. The van der Waals surface area contributed by atoms with Crippen LogP contribution in [0, 0.1) is 0 Å². The van der Waals surface area contributed by atoms with Crippen LogP contribution in [0.1, 0.15) is 11.3 Å². The molecule has 0 bridgehead atoms. The summed E-state index contributed by atoms with van der Waals surface area (Å²) in [6.07, 6.45) is 5.85. The van der Waals surface area contributed by atoms with E-state index in [0.717, 1.165) is 11.3 Å². The van der Waals surface area contributed by atoms with E-state index < -0.39 is 0 Å². The lowest BCUT2D eigenvalue weighted by atomic mass is 10.1. The fraction of sp³-hybridized carbons (Fsp3) is 0.125. The van der Waals surface area contributed by atoms with Crippen molar-refractivity contribution in [3.63, 3.8) is 0 Å². The highest BCUT2D eigenvalue weighted by molar-refractivity contribution is 5.97. The zero-order chi connectivity index (χ0) is 6.97. The van der Waals surface area contributed by atoms with Crippen LogP contribution in [0.4, 0.5) is 0 Å². The number of fused-ring (bicyclic) bond motifs is 1. The van der Waals surface area contributed by atoms with Crippen molar-refractivity contribution < 1.29 is 4.79 Å². The summed E-state index contributed by atoms with van der Waals surface area (Å²) in [5.74, 6) is 0.176. The zero-order valence-electron chi connectivity index (χ0n) is 5.42. The highest BCUT2D eigenvalue weighted by Crippen LogP contribution is 2.14. The molecule has 0 aliphatic heterocycles. The highest BCUT2D eigenvalue weighted by atomic mass is 16.1. The van der Waals surface area contributed by atoms with E-state index in [0.29, 0.717) is 6.42 Å². The minimum Gasteiger partial charge on any atom is -0.364 e. The summed E-state index contributed by atoms with van der Waals surface area (Å²) in [4.78, 5) is 13.8. The number of aromatic amines is 1. The van der Waals surface area contributed by atoms with Gasteiger partial charge in [0.1, 0.15) is 0 Å². The van der Waals surface area contributed by atoms with Crippen LogP contribution in [-0.2, 0) is 11.2 Å². The fourth-order valence-corrected chi connectivity index (χ4v) is 1.14. The van der Waals surface area contributed by atoms with Gasteiger partial charge in [-0.3, -0.25) is 4.79 Å². The van der Waals surface area contributed by atoms with Gasteiger partial charge in [-0.05, 0) is 23.8 Å². The average Bonchev–Trinajstić information content (AvgIpc) is 2.33. The SMILES string of the molecule is O=C1C=Cc2cc[nH]c2C1. The van der Waals surface area contributed by atoms with Gasteiger partial charge in [0.25, 0.3) is 0 Å². The normalized spacial score (nSPS) is 15.4. The van der Waals surface area contributed by atoms with Crippen molar-refractivity contribution in [3.8, 4) is 0 Å². The number of H-pyrrole nitrogens is 1. The van der Waals surface area contributed by atoms with Gasteiger partial charge in [-0.1, -0.05) is 0 Å². The van der Waals surface area contributed by atoms with Crippen LogP contribution in [0.3, 0.4) is 0 Å². The van der Waals surface area contributed by atoms with Gasteiger partial charge in [-0.15, -0.1) is 0 Å². The molecule has 1 aromatic heterocycles. The maximum absolute atomic E-state index is 10.8. The van der Waals surface area contributed by atoms with Crippen LogP contribution in [0.15, 0.2) is 18.3 Å². The van der Waals surface area contributed by atoms with Crippen molar-refractivity contribution in [1.29, 1.82) is 0 Å². The molecule has 1 heterocycles. The van der Waals surface area contributed by atoms with Gasteiger partial charge < -0.3 is 4.98 Å². The lowest BCUT2D eigenvalue weighted by molar-refractivity contribution is -0.114. The lowest BCUT2D eigenvalue weighted by Gasteiger charge is -2.01. The number of carbonyl (C=O) groups excluding carboxylic acids is 1. The summed E-state index contributed by atoms with van der Waals surface area (Å²) in [5.41, 5.74) is 2.17. The van der Waals surface area contributed by atoms with Gasteiger partial charge in [0.05, 0.1) is 6.42 Å². The molecule has 0 unspecified atom stereocenters. The molecule has 1 aromatic rings. The van der Waals surface area contributed by atoms with E-state index in [1.54, 1.807) is 6.08 Å². The topological polar surface area (TPSA) is 32.9 Å². The monoisotopic (exact) mass is 133 g/mol. The molecule has 1 aliphatic carbocycles. The summed E-state index contributed by atoms with van der Waals surface area (Å²) in [6, 6.07) is 1.97. The highest BCUT2D eigenvalue weighted by Gasteiger charge is 2.09. The third-order valence-corrected chi connectivity index (χ3v) is 1.67. The van der Waals surface area contributed by atoms with Crippen molar-refractivity contribution in [2.45, 2.75) is 6.42 Å². The third kappa shape index (κ3) is 0.692. The quantitative estimate of drug-likeness (QED) is 0.565. The minimum atomic E-state index is 0.176. The minimum absolute atomic E-state index is 0.176. The van der Waals surface area contributed by atoms with Gasteiger partial charge in [0.2, 0.25) is 0 Å². The Kier molecular flexibility index (Phi) is 1.01. The molecule has 0 radical (unpaired) electrons. The first-order chi connectivity index (χ1) is 4.86. The van der Waals surface area contributed by atoms with Gasteiger partial charge in [0.15, 0.2) is 5.78 Å². The van der Waals surface area contributed by atoms with E-state index >= 15 is 0 Å². The maximum atomic E-state index is 10.8. The Labute approximate surface area is 58.6 Å². The Morgan fingerprint density at radius 3 is 3.20 bits per heavy atom. The van der Waals surface area contributed by atoms with Gasteiger partial charge in [0, 0.05) is 11.9 Å². The molecule has 0 saturated carbocycles. The summed E-state index contributed by atoms with van der Waals surface area (Å²) >= 11 is 0. The first kappa shape index (κ1) is 5.47. The number of rotatable bonds is 0. The predicted octanol–water partition coefficient (Wildman–Crippen LogP) is 1.15. The number of hydrogen-bond acceptors (Lipinski definition) is 1. The Balaban J connectivity index is 2.52. The summed E-state index contributed by atoms with van der Waals surface area (Å²) in [7, 11) is 0. The molecule has 0 aromatic carbocycles. The van der Waals surface area contributed by atoms with E-state index in [1.165, 1.54) is 0 Å². The Morgan fingerprint density at radius 1 is 1.40 bits per heavy atom. The second-order valence-corrected chi connectivity index (χ2v) is 2.39. The van der Waals surface area contributed by atoms with Crippen molar-refractivity contribution >= 4 is 11.9 Å². The number of aromatic nitrogens is 1. The Hall–Kier alpha value is -1.31. The molecular weight excluding hydrogens is 126 g/mol. The van der Waals surface area contributed by atoms with Crippen molar-refractivity contribution in [2.75, 3.05) is 0 Å². The molecule has 0 spiro atoms. The van der Waals surface area contributed by atoms with Crippen LogP contribution in [0.2, 0.25) is 0 Å². The van der Waals surface area contributed by atoms with Crippen LogP contribution in [0.25, 0.3) is 6.08 Å². The molecule has 10 heavy (non-hydrogen) atoms. The smallest absolute Gasteiger partial charge is 0.161 e. The van der Waals surface area contributed by atoms with Crippen molar-refractivity contribution in [2.24, 2.45) is 0 Å². The Morgan fingerprint density at radius 2 is 2.30 bits per heavy atom. The van der Waals surface area contributed by atoms with E-state index in [2.05, 4.69) is 4.98 Å². The zero-order valence-corrected chi connectivity index (χ0v) is 5.42. The number of carbonyl (C=O) groups is 1. The van der Waals surface area contributed by atoms with Crippen LogP contribution < -0.4 is 0 Å². The van der Waals surface area contributed by atoms with E-state index in [9.17, 15) is 4.79 Å². The molecule has 0 atom stereocenters. The van der Waals surface area contributed by atoms with Crippen molar-refractivity contribution in [3.05, 3.63) is 29.6 Å². The van der Waals surface area contributed by atoms with E-state index in [1.807, 2.05) is 18.3 Å². The molecule has 2 rings (SSSR count). The van der Waals surface area contributed by atoms with Crippen LogP contribution >= 0.6 is 0 Å². The number of ketones is 1. The summed E-state index contributed by atoms with van der Waals surface area (Å²) < 4.78 is 0. The molecule has 50 valence electrons. The lowest BCUT2D eigenvalue weighted by Crippen LogP contribution is -2.03. The summed E-state index contributed by atoms with van der Waals surface area (Å²) in [6.45, 7) is 0. The Bertz CT molecular complexity index is 296.